The van der Waals surface area contributed by atoms with Crippen molar-refractivity contribution in [3.63, 3.8) is 0 Å². The Morgan fingerprint density at radius 2 is 1.86 bits per heavy atom. The summed E-state index contributed by atoms with van der Waals surface area (Å²) in [7, 11) is 1.93. The lowest BCUT2D eigenvalue weighted by Crippen LogP contribution is -2.37. The number of anilines is 1. The SMILES string of the molecule is CCN(c1cc(-c2cnn(C)c2C)cc(C(=O)NCc2c(C)cc(C)[nH]c2=O)c1C)C1CCCCC1. The second-order valence-corrected chi connectivity index (χ2v) is 10.1. The summed E-state index contributed by atoms with van der Waals surface area (Å²) in [5.41, 5.74) is 7.92. The van der Waals surface area contributed by atoms with Crippen molar-refractivity contribution in [1.29, 1.82) is 0 Å². The van der Waals surface area contributed by atoms with Crippen molar-refractivity contribution in [1.82, 2.24) is 20.1 Å². The number of H-pyrrole nitrogens is 1. The number of pyridine rings is 1. The molecule has 2 aromatic heterocycles. The molecule has 1 amide bonds. The van der Waals surface area contributed by atoms with E-state index >= 15 is 0 Å². The fourth-order valence-corrected chi connectivity index (χ4v) is 5.55. The Balaban J connectivity index is 1.75. The zero-order valence-electron chi connectivity index (χ0n) is 22.5. The molecule has 1 aliphatic rings. The molecule has 1 saturated carbocycles. The van der Waals surface area contributed by atoms with Crippen molar-refractivity contribution >= 4 is 11.6 Å². The minimum Gasteiger partial charge on any atom is -0.369 e. The molecule has 192 valence electrons. The summed E-state index contributed by atoms with van der Waals surface area (Å²) in [5.74, 6) is -0.170. The first-order valence-electron chi connectivity index (χ1n) is 13.1. The van der Waals surface area contributed by atoms with E-state index in [4.69, 9.17) is 0 Å². The number of nitrogens with one attached hydrogen (secondary N) is 2. The van der Waals surface area contributed by atoms with E-state index in [1.54, 1.807) is 0 Å². The highest BCUT2D eigenvalue weighted by Crippen LogP contribution is 2.35. The summed E-state index contributed by atoms with van der Waals surface area (Å²) in [6.07, 6.45) is 8.03. The van der Waals surface area contributed by atoms with E-state index in [1.165, 1.54) is 32.1 Å². The van der Waals surface area contributed by atoms with Gasteiger partial charge in [0.05, 0.1) is 6.20 Å². The van der Waals surface area contributed by atoms with Gasteiger partial charge in [0.1, 0.15) is 0 Å². The van der Waals surface area contributed by atoms with Crippen molar-refractivity contribution in [2.24, 2.45) is 7.05 Å². The maximum Gasteiger partial charge on any atom is 0.253 e. The molecule has 1 aliphatic carbocycles. The lowest BCUT2D eigenvalue weighted by molar-refractivity contribution is 0.0950. The summed E-state index contributed by atoms with van der Waals surface area (Å²) in [4.78, 5) is 31.4. The van der Waals surface area contributed by atoms with Crippen LogP contribution in [0, 0.1) is 27.7 Å². The predicted octanol–water partition coefficient (Wildman–Crippen LogP) is 5.10. The van der Waals surface area contributed by atoms with Crippen LogP contribution < -0.4 is 15.8 Å². The fraction of sp³-hybridized carbons (Fsp3) is 0.483. The molecule has 4 rings (SSSR count). The first-order valence-corrected chi connectivity index (χ1v) is 13.1. The molecule has 1 aromatic carbocycles. The van der Waals surface area contributed by atoms with Gasteiger partial charge < -0.3 is 15.2 Å². The smallest absolute Gasteiger partial charge is 0.253 e. The molecule has 3 aromatic rings. The monoisotopic (exact) mass is 489 g/mol. The van der Waals surface area contributed by atoms with E-state index in [1.807, 2.05) is 57.8 Å². The molecule has 2 N–H and O–H groups in total. The van der Waals surface area contributed by atoms with Gasteiger partial charge in [-0.1, -0.05) is 19.3 Å². The molecule has 2 heterocycles. The van der Waals surface area contributed by atoms with E-state index in [-0.39, 0.29) is 18.0 Å². The number of aromatic amines is 1. The quantitative estimate of drug-likeness (QED) is 0.484. The highest BCUT2D eigenvalue weighted by atomic mass is 16.1. The highest BCUT2D eigenvalue weighted by molar-refractivity contribution is 5.99. The number of hydrogen-bond donors (Lipinski definition) is 2. The van der Waals surface area contributed by atoms with E-state index in [9.17, 15) is 9.59 Å². The Morgan fingerprint density at radius 1 is 1.14 bits per heavy atom. The number of carbonyl (C=O) groups is 1. The second kappa shape index (κ2) is 10.7. The average molecular weight is 490 g/mol. The molecule has 0 radical (unpaired) electrons. The summed E-state index contributed by atoms with van der Waals surface area (Å²) in [5, 5.41) is 7.46. The summed E-state index contributed by atoms with van der Waals surface area (Å²) in [6.45, 7) is 11.1. The summed E-state index contributed by atoms with van der Waals surface area (Å²) in [6, 6.07) is 6.61. The fourth-order valence-electron chi connectivity index (χ4n) is 5.55. The Bertz CT molecular complexity index is 1310. The molecule has 36 heavy (non-hydrogen) atoms. The van der Waals surface area contributed by atoms with Crippen LogP contribution >= 0.6 is 0 Å². The molecule has 0 bridgehead atoms. The number of aryl methyl sites for hydroxylation is 3. The first-order chi connectivity index (χ1) is 17.2. The number of hydrogen-bond acceptors (Lipinski definition) is 4. The van der Waals surface area contributed by atoms with Crippen molar-refractivity contribution < 1.29 is 4.79 Å². The standard InChI is InChI=1S/C29H39N5O2/c1-7-34(23-11-9-8-10-12-23)27-15-22(26-17-31-33(6)21(26)5)14-24(20(27)4)28(35)30-16-25-18(2)13-19(3)32-29(25)36/h13-15,17,23H,7-12,16H2,1-6H3,(H,30,35)(H,32,36). The number of amides is 1. The van der Waals surface area contributed by atoms with Crippen molar-refractivity contribution in [2.45, 2.75) is 79.3 Å². The third-order valence-corrected chi connectivity index (χ3v) is 7.76. The van der Waals surface area contributed by atoms with E-state index in [0.29, 0.717) is 17.2 Å². The lowest BCUT2D eigenvalue weighted by Gasteiger charge is -2.37. The normalized spacial score (nSPS) is 14.2. The maximum atomic E-state index is 13.6. The van der Waals surface area contributed by atoms with Gasteiger partial charge in [-0.25, -0.2) is 0 Å². The maximum absolute atomic E-state index is 13.6. The molecule has 7 heteroatoms. The van der Waals surface area contributed by atoms with E-state index in [2.05, 4.69) is 33.3 Å². The van der Waals surface area contributed by atoms with Gasteiger partial charge in [-0.15, -0.1) is 0 Å². The Kier molecular flexibility index (Phi) is 7.67. The minimum atomic E-state index is -0.170. The second-order valence-electron chi connectivity index (χ2n) is 10.1. The van der Waals surface area contributed by atoms with Gasteiger partial charge in [0, 0.05) is 59.9 Å². The van der Waals surface area contributed by atoms with Crippen molar-refractivity contribution in [2.75, 3.05) is 11.4 Å². The van der Waals surface area contributed by atoms with Crippen LogP contribution in [0.5, 0.6) is 0 Å². The zero-order valence-corrected chi connectivity index (χ0v) is 22.5. The number of benzene rings is 1. The van der Waals surface area contributed by atoms with Crippen LogP contribution in [-0.2, 0) is 13.6 Å². The van der Waals surface area contributed by atoms with Gasteiger partial charge in [-0.2, -0.15) is 5.10 Å². The lowest BCUT2D eigenvalue weighted by atomic mass is 9.91. The van der Waals surface area contributed by atoms with Crippen LogP contribution in [0.25, 0.3) is 11.1 Å². The molecule has 1 fully saturated rings. The van der Waals surface area contributed by atoms with E-state index in [0.717, 1.165) is 45.9 Å². The zero-order chi connectivity index (χ0) is 26.0. The van der Waals surface area contributed by atoms with Crippen LogP contribution in [0.1, 0.15) is 77.5 Å². The molecule has 0 spiro atoms. The van der Waals surface area contributed by atoms with Gasteiger partial charge in [-0.05, 0) is 82.3 Å². The average Bonchev–Trinajstić information content (AvgIpc) is 3.18. The Morgan fingerprint density at radius 3 is 2.47 bits per heavy atom. The molecule has 0 atom stereocenters. The number of nitrogens with zero attached hydrogens (tertiary/aromatic N) is 3. The predicted molar refractivity (Wildman–Crippen MR) is 146 cm³/mol. The van der Waals surface area contributed by atoms with E-state index < -0.39 is 0 Å². The Labute approximate surface area is 213 Å². The third kappa shape index (κ3) is 5.11. The first kappa shape index (κ1) is 25.7. The van der Waals surface area contributed by atoms with Crippen LogP contribution in [0.2, 0.25) is 0 Å². The topological polar surface area (TPSA) is 83.0 Å². The summed E-state index contributed by atoms with van der Waals surface area (Å²) < 4.78 is 1.86. The van der Waals surface area contributed by atoms with Gasteiger partial charge in [-0.3, -0.25) is 14.3 Å². The number of carbonyl (C=O) groups excluding carboxylic acids is 1. The van der Waals surface area contributed by atoms with Gasteiger partial charge in [0.25, 0.3) is 11.5 Å². The third-order valence-electron chi connectivity index (χ3n) is 7.76. The van der Waals surface area contributed by atoms with Crippen LogP contribution in [-0.4, -0.2) is 33.3 Å². The van der Waals surface area contributed by atoms with Gasteiger partial charge in [0.2, 0.25) is 0 Å². The van der Waals surface area contributed by atoms with Crippen LogP contribution in [0.15, 0.2) is 29.2 Å². The molecule has 0 unspecified atom stereocenters. The van der Waals surface area contributed by atoms with Crippen molar-refractivity contribution in [3.8, 4) is 11.1 Å². The molecular formula is C29H39N5O2. The van der Waals surface area contributed by atoms with Crippen LogP contribution in [0.4, 0.5) is 5.69 Å². The number of rotatable bonds is 7. The van der Waals surface area contributed by atoms with Gasteiger partial charge >= 0.3 is 0 Å². The molecular weight excluding hydrogens is 450 g/mol. The number of aromatic nitrogens is 3. The highest BCUT2D eigenvalue weighted by Gasteiger charge is 2.25. The Hall–Kier alpha value is -3.35. The molecule has 0 aliphatic heterocycles. The van der Waals surface area contributed by atoms with Crippen LogP contribution in [0.3, 0.4) is 0 Å². The minimum absolute atomic E-state index is 0.153. The van der Waals surface area contributed by atoms with Crippen molar-refractivity contribution in [3.05, 3.63) is 68.4 Å². The summed E-state index contributed by atoms with van der Waals surface area (Å²) >= 11 is 0. The largest absolute Gasteiger partial charge is 0.369 e. The molecule has 0 saturated heterocycles. The molecule has 7 nitrogen and oxygen atoms in total. The van der Waals surface area contributed by atoms with Gasteiger partial charge in [0.15, 0.2) is 0 Å².